The number of anilines is 1. The molecule has 2 heterocycles. The first-order chi connectivity index (χ1) is 11.3. The Balaban J connectivity index is 2.09. The summed E-state index contributed by atoms with van der Waals surface area (Å²) in [7, 11) is -3.17. The largest absolute Gasteiger partial charge is 0.478 e. The molecule has 0 saturated heterocycles. The third-order valence-electron chi connectivity index (χ3n) is 2.87. The lowest BCUT2D eigenvalue weighted by Crippen LogP contribution is -2.16. The molecule has 0 aliphatic carbocycles. The number of hydrogen-bond donors (Lipinski definition) is 1. The molecule has 0 atom stereocenters. The number of sulfonamides is 1. The Kier molecular flexibility index (Phi) is 3.97. The zero-order valence-electron chi connectivity index (χ0n) is 11.9. The van der Waals surface area contributed by atoms with Crippen LogP contribution < -0.4 is 9.46 Å². The van der Waals surface area contributed by atoms with Crippen molar-refractivity contribution in [2.75, 3.05) is 11.8 Å². The summed E-state index contributed by atoms with van der Waals surface area (Å²) >= 11 is 5.75. The van der Waals surface area contributed by atoms with E-state index in [2.05, 4.69) is 15.1 Å². The second-order valence-corrected chi connectivity index (χ2v) is 6.40. The molecule has 0 amide bonds. The van der Waals surface area contributed by atoms with Gasteiger partial charge in [0.15, 0.2) is 5.15 Å². The standard InChI is InChI=1S/C12H8ClF2N5O3S/c1-23-11-10-17-12(18-20(10)5-8(13)16-11)24(21,22)19-9-6(14)3-2-4-7(9)15/h2-5,19H,1H3. The van der Waals surface area contributed by atoms with Crippen molar-refractivity contribution < 1.29 is 21.9 Å². The molecule has 0 aliphatic heterocycles. The molecule has 126 valence electrons. The van der Waals surface area contributed by atoms with E-state index in [4.69, 9.17) is 16.3 Å². The average molecular weight is 376 g/mol. The van der Waals surface area contributed by atoms with E-state index in [0.717, 1.165) is 22.7 Å². The van der Waals surface area contributed by atoms with E-state index < -0.39 is 32.5 Å². The van der Waals surface area contributed by atoms with E-state index in [1.165, 1.54) is 13.3 Å². The number of fused-ring (bicyclic) bond motifs is 1. The highest BCUT2D eigenvalue weighted by Crippen LogP contribution is 2.23. The highest BCUT2D eigenvalue weighted by molar-refractivity contribution is 7.92. The van der Waals surface area contributed by atoms with Crippen LogP contribution in [0.3, 0.4) is 0 Å². The Morgan fingerprint density at radius 2 is 1.92 bits per heavy atom. The normalized spacial score (nSPS) is 11.7. The molecule has 8 nitrogen and oxygen atoms in total. The smallest absolute Gasteiger partial charge is 0.299 e. The van der Waals surface area contributed by atoms with Gasteiger partial charge in [-0.15, -0.1) is 5.10 Å². The molecule has 0 bridgehead atoms. The van der Waals surface area contributed by atoms with Crippen LogP contribution in [0.1, 0.15) is 0 Å². The van der Waals surface area contributed by atoms with Crippen molar-refractivity contribution in [1.82, 2.24) is 19.6 Å². The van der Waals surface area contributed by atoms with Crippen LogP contribution >= 0.6 is 11.6 Å². The molecule has 3 aromatic rings. The van der Waals surface area contributed by atoms with Gasteiger partial charge >= 0.3 is 0 Å². The van der Waals surface area contributed by atoms with Gasteiger partial charge in [0.1, 0.15) is 17.3 Å². The molecule has 0 spiro atoms. The van der Waals surface area contributed by atoms with Crippen LogP contribution in [0.15, 0.2) is 29.6 Å². The van der Waals surface area contributed by atoms with Gasteiger partial charge in [-0.3, -0.25) is 4.72 Å². The fourth-order valence-electron chi connectivity index (χ4n) is 1.84. The Hall–Kier alpha value is -2.53. The summed E-state index contributed by atoms with van der Waals surface area (Å²) in [5.74, 6) is -2.22. The topological polar surface area (TPSA) is 98.5 Å². The SMILES string of the molecule is COc1nc(Cl)cn2nc(S(=O)(=O)Nc3c(F)cccc3F)nc12. The van der Waals surface area contributed by atoms with Gasteiger partial charge in [-0.25, -0.2) is 13.3 Å². The van der Waals surface area contributed by atoms with Gasteiger partial charge < -0.3 is 4.74 Å². The lowest BCUT2D eigenvalue weighted by atomic mass is 10.3. The summed E-state index contributed by atoms with van der Waals surface area (Å²) in [4.78, 5) is 7.57. The molecule has 2 aromatic heterocycles. The minimum Gasteiger partial charge on any atom is -0.478 e. The van der Waals surface area contributed by atoms with E-state index in [9.17, 15) is 17.2 Å². The number of aromatic nitrogens is 4. The average Bonchev–Trinajstić information content (AvgIpc) is 2.95. The van der Waals surface area contributed by atoms with E-state index in [1.807, 2.05) is 0 Å². The molecule has 0 fully saturated rings. The summed E-state index contributed by atoms with van der Waals surface area (Å²) in [5.41, 5.74) is -0.865. The minimum atomic E-state index is -4.46. The van der Waals surface area contributed by atoms with E-state index in [1.54, 1.807) is 4.72 Å². The predicted molar refractivity (Wildman–Crippen MR) is 79.5 cm³/mol. The fraction of sp³-hybridized carbons (Fsp3) is 0.0833. The second kappa shape index (κ2) is 5.83. The van der Waals surface area contributed by atoms with E-state index in [0.29, 0.717) is 0 Å². The highest BCUT2D eigenvalue weighted by atomic mass is 35.5. The number of halogens is 3. The van der Waals surface area contributed by atoms with Crippen LogP contribution in [-0.4, -0.2) is 35.1 Å². The predicted octanol–water partition coefficient (Wildman–Crippen LogP) is 1.87. The van der Waals surface area contributed by atoms with Crippen molar-refractivity contribution in [2.24, 2.45) is 0 Å². The Morgan fingerprint density at radius 1 is 1.25 bits per heavy atom. The van der Waals surface area contributed by atoms with E-state index in [-0.39, 0.29) is 16.7 Å². The van der Waals surface area contributed by atoms with E-state index >= 15 is 0 Å². The first-order valence-corrected chi connectivity index (χ1v) is 8.11. The van der Waals surface area contributed by atoms with Gasteiger partial charge in [0.2, 0.25) is 5.65 Å². The fourth-order valence-corrected chi connectivity index (χ4v) is 2.97. The van der Waals surface area contributed by atoms with Crippen molar-refractivity contribution in [1.29, 1.82) is 0 Å². The Morgan fingerprint density at radius 3 is 2.54 bits per heavy atom. The number of para-hydroxylation sites is 1. The lowest BCUT2D eigenvalue weighted by molar-refractivity contribution is 0.399. The third-order valence-corrected chi connectivity index (χ3v) is 4.18. The number of benzene rings is 1. The van der Waals surface area contributed by atoms with Crippen molar-refractivity contribution >= 4 is 33.0 Å². The monoisotopic (exact) mass is 375 g/mol. The molecule has 0 unspecified atom stereocenters. The van der Waals surface area contributed by atoms with Gasteiger partial charge in [-0.1, -0.05) is 17.7 Å². The quantitative estimate of drug-likeness (QED) is 0.747. The summed E-state index contributed by atoms with van der Waals surface area (Å²) in [6, 6.07) is 2.92. The van der Waals surface area contributed by atoms with Crippen LogP contribution in [0.2, 0.25) is 5.15 Å². The van der Waals surface area contributed by atoms with Crippen LogP contribution in [0.25, 0.3) is 5.65 Å². The molecule has 12 heteroatoms. The summed E-state index contributed by atoms with van der Waals surface area (Å²) < 4.78 is 59.5. The number of ether oxygens (including phenoxy) is 1. The van der Waals surface area contributed by atoms with Crippen molar-refractivity contribution in [2.45, 2.75) is 5.16 Å². The number of hydrogen-bond acceptors (Lipinski definition) is 6. The summed E-state index contributed by atoms with van der Waals surface area (Å²) in [5, 5.41) is 2.97. The summed E-state index contributed by atoms with van der Waals surface area (Å²) in [6.07, 6.45) is 1.20. The minimum absolute atomic E-state index is 0.0127. The number of nitrogens with zero attached hydrogens (tertiary/aromatic N) is 4. The maximum Gasteiger partial charge on any atom is 0.299 e. The van der Waals surface area contributed by atoms with Gasteiger partial charge in [0.25, 0.3) is 21.1 Å². The van der Waals surface area contributed by atoms with Gasteiger partial charge in [0.05, 0.1) is 13.3 Å². The first kappa shape index (κ1) is 16.3. The van der Waals surface area contributed by atoms with Crippen LogP contribution in [-0.2, 0) is 10.0 Å². The maximum absolute atomic E-state index is 13.6. The van der Waals surface area contributed by atoms with Crippen molar-refractivity contribution in [3.05, 3.63) is 41.2 Å². The zero-order chi connectivity index (χ0) is 17.5. The van der Waals surface area contributed by atoms with Crippen LogP contribution in [0.5, 0.6) is 5.88 Å². The lowest BCUT2D eigenvalue weighted by Gasteiger charge is -2.06. The Labute approximate surface area is 139 Å². The van der Waals surface area contributed by atoms with Gasteiger partial charge in [-0.2, -0.15) is 18.4 Å². The van der Waals surface area contributed by atoms with Crippen LogP contribution in [0, 0.1) is 11.6 Å². The molecular weight excluding hydrogens is 368 g/mol. The van der Waals surface area contributed by atoms with Crippen molar-refractivity contribution in [3.8, 4) is 5.88 Å². The van der Waals surface area contributed by atoms with Gasteiger partial charge in [0, 0.05) is 0 Å². The van der Waals surface area contributed by atoms with Crippen molar-refractivity contribution in [3.63, 3.8) is 0 Å². The second-order valence-electron chi connectivity index (χ2n) is 4.44. The molecule has 0 saturated carbocycles. The number of methoxy groups -OCH3 is 1. The molecule has 1 N–H and O–H groups in total. The Bertz CT molecular complexity index is 1020. The number of rotatable bonds is 4. The number of nitrogens with one attached hydrogen (secondary N) is 1. The third kappa shape index (κ3) is 2.83. The zero-order valence-corrected chi connectivity index (χ0v) is 13.4. The molecule has 0 aliphatic rings. The van der Waals surface area contributed by atoms with Crippen LogP contribution in [0.4, 0.5) is 14.5 Å². The molecule has 0 radical (unpaired) electrons. The molecule has 3 rings (SSSR count). The highest BCUT2D eigenvalue weighted by Gasteiger charge is 2.25. The molecular formula is C12H8ClF2N5O3S. The molecule has 24 heavy (non-hydrogen) atoms. The first-order valence-electron chi connectivity index (χ1n) is 6.25. The summed E-state index contributed by atoms with van der Waals surface area (Å²) in [6.45, 7) is 0. The molecule has 1 aromatic carbocycles. The maximum atomic E-state index is 13.6. The van der Waals surface area contributed by atoms with Gasteiger partial charge in [-0.05, 0) is 12.1 Å².